The Morgan fingerprint density at radius 1 is 1.16 bits per heavy atom. The number of phenolic OH excluding ortho intramolecular Hbond substituents is 2. The zero-order chi connectivity index (χ0) is 17.3. The molecule has 3 heterocycles. The molecule has 0 radical (unpaired) electrons. The molecule has 0 spiro atoms. The Balaban J connectivity index is 1.61. The fourth-order valence-electron chi connectivity index (χ4n) is 4.00. The molecule has 5 nitrogen and oxygen atoms in total. The third kappa shape index (κ3) is 1.95. The van der Waals surface area contributed by atoms with Crippen LogP contribution >= 0.6 is 0 Å². The van der Waals surface area contributed by atoms with Crippen molar-refractivity contribution in [1.82, 2.24) is 0 Å². The van der Waals surface area contributed by atoms with Crippen LogP contribution in [0.2, 0.25) is 0 Å². The van der Waals surface area contributed by atoms with Crippen LogP contribution in [0.15, 0.2) is 36.4 Å². The molecule has 0 bridgehead atoms. The Kier molecular flexibility index (Phi) is 2.82. The number of rotatable bonds is 1. The van der Waals surface area contributed by atoms with Crippen molar-refractivity contribution in [3.05, 3.63) is 53.1 Å². The lowest BCUT2D eigenvalue weighted by Crippen LogP contribution is -2.24. The van der Waals surface area contributed by atoms with Crippen LogP contribution < -0.4 is 14.2 Å². The molecular formula is C20H18O5. The van der Waals surface area contributed by atoms with Crippen molar-refractivity contribution in [2.75, 3.05) is 6.61 Å². The quantitative estimate of drug-likeness (QED) is 0.778. The topological polar surface area (TPSA) is 68.2 Å². The first-order valence-corrected chi connectivity index (χ1v) is 8.36. The van der Waals surface area contributed by atoms with Crippen molar-refractivity contribution < 1.29 is 24.4 Å². The number of benzene rings is 2. The molecule has 25 heavy (non-hydrogen) atoms. The highest BCUT2D eigenvalue weighted by Crippen LogP contribution is 2.57. The Morgan fingerprint density at radius 2 is 2.00 bits per heavy atom. The first kappa shape index (κ1) is 14.5. The van der Waals surface area contributed by atoms with E-state index in [4.69, 9.17) is 14.2 Å². The van der Waals surface area contributed by atoms with E-state index in [1.807, 2.05) is 13.0 Å². The molecule has 0 aromatic heterocycles. The summed E-state index contributed by atoms with van der Waals surface area (Å²) < 4.78 is 18.0. The van der Waals surface area contributed by atoms with E-state index in [1.54, 1.807) is 18.2 Å². The van der Waals surface area contributed by atoms with Crippen molar-refractivity contribution in [3.63, 3.8) is 0 Å². The van der Waals surface area contributed by atoms with Crippen molar-refractivity contribution in [2.24, 2.45) is 0 Å². The van der Waals surface area contributed by atoms with Gasteiger partial charge in [-0.05, 0) is 18.6 Å². The molecule has 0 saturated heterocycles. The number of phenols is 2. The van der Waals surface area contributed by atoms with E-state index < -0.39 is 0 Å². The van der Waals surface area contributed by atoms with Crippen LogP contribution in [-0.2, 0) is 6.42 Å². The Hall–Kier alpha value is -2.82. The number of fused-ring (bicyclic) bond motifs is 7. The Bertz CT molecular complexity index is 917. The van der Waals surface area contributed by atoms with Gasteiger partial charge in [-0.1, -0.05) is 12.6 Å². The van der Waals surface area contributed by atoms with Crippen LogP contribution in [0, 0.1) is 0 Å². The molecule has 0 aliphatic carbocycles. The number of hydrogen-bond donors (Lipinski definition) is 2. The summed E-state index contributed by atoms with van der Waals surface area (Å²) in [6.07, 6.45) is 0.258. The Morgan fingerprint density at radius 3 is 2.80 bits per heavy atom. The summed E-state index contributed by atoms with van der Waals surface area (Å²) >= 11 is 0. The molecule has 3 atom stereocenters. The van der Waals surface area contributed by atoms with E-state index in [2.05, 4.69) is 6.58 Å². The fourth-order valence-corrected chi connectivity index (χ4v) is 4.00. The highest BCUT2D eigenvalue weighted by atomic mass is 16.5. The standard InChI is InChI=1S/C20H18O5/c1-9(2)15-6-12-17(24-15)7-14(22)18-19(12)23-8-13-11-4-3-10(21)5-16(11)25-20(13)18/h3-5,7,13,15,20-22H,1,6,8H2,2H3. The molecule has 2 N–H and O–H groups in total. The second-order valence-electron chi connectivity index (χ2n) is 6.95. The van der Waals surface area contributed by atoms with Gasteiger partial charge in [0.1, 0.15) is 41.0 Å². The zero-order valence-corrected chi connectivity index (χ0v) is 13.8. The van der Waals surface area contributed by atoms with Gasteiger partial charge < -0.3 is 24.4 Å². The minimum Gasteiger partial charge on any atom is -0.508 e. The summed E-state index contributed by atoms with van der Waals surface area (Å²) in [4.78, 5) is 0. The van der Waals surface area contributed by atoms with E-state index in [0.29, 0.717) is 35.8 Å². The van der Waals surface area contributed by atoms with E-state index >= 15 is 0 Å². The van der Waals surface area contributed by atoms with Gasteiger partial charge in [-0.25, -0.2) is 0 Å². The summed E-state index contributed by atoms with van der Waals surface area (Å²) in [7, 11) is 0. The summed E-state index contributed by atoms with van der Waals surface area (Å²) in [6, 6.07) is 6.76. The SMILES string of the molecule is C=C(C)C1Cc2c(cc(O)c3c2OCC2c4ccc(O)cc4OC32)O1. The highest BCUT2D eigenvalue weighted by molar-refractivity contribution is 5.63. The lowest BCUT2D eigenvalue weighted by molar-refractivity contribution is 0.135. The third-order valence-electron chi connectivity index (χ3n) is 5.28. The van der Waals surface area contributed by atoms with E-state index in [-0.39, 0.29) is 29.6 Å². The summed E-state index contributed by atoms with van der Waals surface area (Å²) in [6.45, 7) is 6.36. The zero-order valence-electron chi connectivity index (χ0n) is 13.8. The van der Waals surface area contributed by atoms with Gasteiger partial charge in [0.25, 0.3) is 0 Å². The van der Waals surface area contributed by atoms with E-state index in [9.17, 15) is 10.2 Å². The molecule has 0 fully saturated rings. The number of ether oxygens (including phenoxy) is 3. The van der Waals surface area contributed by atoms with Crippen LogP contribution in [0.1, 0.15) is 35.6 Å². The van der Waals surface area contributed by atoms with Crippen LogP contribution in [0.3, 0.4) is 0 Å². The minimum atomic E-state index is -0.324. The first-order chi connectivity index (χ1) is 12.0. The summed E-state index contributed by atoms with van der Waals surface area (Å²) in [5, 5.41) is 20.3. The van der Waals surface area contributed by atoms with Crippen molar-refractivity contribution in [2.45, 2.75) is 31.5 Å². The van der Waals surface area contributed by atoms with Gasteiger partial charge in [0, 0.05) is 29.7 Å². The second-order valence-corrected chi connectivity index (χ2v) is 6.95. The first-order valence-electron chi connectivity index (χ1n) is 8.36. The summed E-state index contributed by atoms with van der Waals surface area (Å²) in [5.74, 6) is 2.22. The molecule has 3 unspecified atom stereocenters. The maximum atomic E-state index is 10.6. The van der Waals surface area contributed by atoms with Crippen LogP contribution in [0.4, 0.5) is 0 Å². The maximum absolute atomic E-state index is 10.6. The molecular weight excluding hydrogens is 320 g/mol. The van der Waals surface area contributed by atoms with Crippen molar-refractivity contribution in [1.29, 1.82) is 0 Å². The average molecular weight is 338 g/mol. The Labute approximate surface area is 145 Å². The molecule has 0 amide bonds. The van der Waals surface area contributed by atoms with Gasteiger partial charge in [-0.15, -0.1) is 0 Å². The molecule has 128 valence electrons. The summed E-state index contributed by atoms with van der Waals surface area (Å²) in [5.41, 5.74) is 3.56. The van der Waals surface area contributed by atoms with Crippen LogP contribution in [-0.4, -0.2) is 22.9 Å². The van der Waals surface area contributed by atoms with E-state index in [1.165, 1.54) is 0 Å². The van der Waals surface area contributed by atoms with Gasteiger partial charge in [0.15, 0.2) is 0 Å². The molecule has 2 aromatic carbocycles. The lowest BCUT2D eigenvalue weighted by atomic mass is 9.87. The monoisotopic (exact) mass is 338 g/mol. The van der Waals surface area contributed by atoms with Crippen molar-refractivity contribution in [3.8, 4) is 28.7 Å². The van der Waals surface area contributed by atoms with Crippen LogP contribution in [0.5, 0.6) is 28.7 Å². The third-order valence-corrected chi connectivity index (χ3v) is 5.28. The molecule has 0 saturated carbocycles. The van der Waals surface area contributed by atoms with Gasteiger partial charge in [0.05, 0.1) is 18.1 Å². The predicted molar refractivity (Wildman–Crippen MR) is 90.8 cm³/mol. The number of hydrogen-bond acceptors (Lipinski definition) is 5. The maximum Gasteiger partial charge on any atom is 0.141 e. The van der Waals surface area contributed by atoms with Crippen molar-refractivity contribution >= 4 is 0 Å². The van der Waals surface area contributed by atoms with Gasteiger partial charge in [0.2, 0.25) is 0 Å². The predicted octanol–water partition coefficient (Wildman–Crippen LogP) is 3.59. The highest BCUT2D eigenvalue weighted by Gasteiger charge is 2.45. The minimum absolute atomic E-state index is 0.00805. The molecule has 3 aliphatic rings. The molecule has 2 aromatic rings. The van der Waals surface area contributed by atoms with Gasteiger partial charge in [-0.2, -0.15) is 0 Å². The lowest BCUT2D eigenvalue weighted by Gasteiger charge is -2.29. The number of aromatic hydroxyl groups is 2. The molecule has 5 heteroatoms. The largest absolute Gasteiger partial charge is 0.508 e. The second kappa shape index (κ2) is 4.85. The smallest absolute Gasteiger partial charge is 0.141 e. The molecule has 5 rings (SSSR count). The normalized spacial score (nSPS) is 24.9. The van der Waals surface area contributed by atoms with E-state index in [0.717, 1.165) is 16.7 Å². The van der Waals surface area contributed by atoms with Gasteiger partial charge >= 0.3 is 0 Å². The average Bonchev–Trinajstić information content (AvgIpc) is 3.14. The fraction of sp³-hybridized carbons (Fsp3) is 0.300. The van der Waals surface area contributed by atoms with Crippen LogP contribution in [0.25, 0.3) is 0 Å². The van der Waals surface area contributed by atoms with Gasteiger partial charge in [-0.3, -0.25) is 0 Å². The molecule has 3 aliphatic heterocycles.